The van der Waals surface area contributed by atoms with Gasteiger partial charge >= 0.3 is 0 Å². The Labute approximate surface area is 157 Å². The summed E-state index contributed by atoms with van der Waals surface area (Å²) in [6.45, 7) is 6.71. The van der Waals surface area contributed by atoms with Crippen molar-refractivity contribution < 1.29 is 4.74 Å². The smallest absolute Gasteiger partial charge is 0.218 e. The molecule has 134 valence electrons. The van der Waals surface area contributed by atoms with Crippen molar-refractivity contribution in [3.8, 4) is 16.6 Å². The molecule has 6 heteroatoms. The molecule has 4 heterocycles. The summed E-state index contributed by atoms with van der Waals surface area (Å²) in [7, 11) is 0. The summed E-state index contributed by atoms with van der Waals surface area (Å²) in [4.78, 5) is 17.3. The molecule has 26 heavy (non-hydrogen) atoms. The van der Waals surface area contributed by atoms with Crippen LogP contribution in [-0.2, 0) is 19.5 Å². The molecule has 0 N–H and O–H groups in total. The molecule has 0 fully saturated rings. The molecule has 0 saturated carbocycles. The van der Waals surface area contributed by atoms with Gasteiger partial charge in [-0.25, -0.2) is 15.0 Å². The van der Waals surface area contributed by atoms with E-state index in [1.54, 1.807) is 17.5 Å². The molecular formula is C20H22N4OS. The van der Waals surface area contributed by atoms with Crippen LogP contribution in [0, 0.1) is 0 Å². The molecule has 0 atom stereocenters. The Morgan fingerprint density at radius 1 is 1.23 bits per heavy atom. The summed E-state index contributed by atoms with van der Waals surface area (Å²) in [6, 6.07) is 8.17. The van der Waals surface area contributed by atoms with Crippen molar-refractivity contribution in [3.05, 3.63) is 58.9 Å². The molecule has 0 radical (unpaired) electrons. The number of fused-ring (bicyclic) bond motifs is 1. The van der Waals surface area contributed by atoms with Crippen LogP contribution < -0.4 is 4.74 Å². The Hall–Kier alpha value is -2.31. The third-order valence-corrected chi connectivity index (χ3v) is 5.21. The van der Waals surface area contributed by atoms with Crippen LogP contribution in [0.25, 0.3) is 10.7 Å². The zero-order valence-corrected chi connectivity index (χ0v) is 15.9. The number of rotatable bonds is 5. The summed E-state index contributed by atoms with van der Waals surface area (Å²) in [5, 5.41) is 2.06. The van der Waals surface area contributed by atoms with Gasteiger partial charge < -0.3 is 4.74 Å². The molecule has 1 aliphatic heterocycles. The van der Waals surface area contributed by atoms with Gasteiger partial charge in [0.2, 0.25) is 5.88 Å². The van der Waals surface area contributed by atoms with Gasteiger partial charge in [0.05, 0.1) is 16.7 Å². The predicted octanol–water partition coefficient (Wildman–Crippen LogP) is 3.95. The maximum atomic E-state index is 5.85. The van der Waals surface area contributed by atoms with E-state index in [0.717, 1.165) is 48.2 Å². The average Bonchev–Trinajstić information content (AvgIpc) is 3.17. The molecule has 1 aliphatic rings. The summed E-state index contributed by atoms with van der Waals surface area (Å²) < 4.78 is 5.85. The van der Waals surface area contributed by atoms with Crippen molar-refractivity contribution >= 4 is 11.3 Å². The van der Waals surface area contributed by atoms with Crippen molar-refractivity contribution in [1.29, 1.82) is 0 Å². The zero-order valence-electron chi connectivity index (χ0n) is 15.1. The van der Waals surface area contributed by atoms with Crippen molar-refractivity contribution in [1.82, 2.24) is 19.9 Å². The van der Waals surface area contributed by atoms with E-state index in [-0.39, 0.29) is 6.10 Å². The molecule has 0 aliphatic carbocycles. The van der Waals surface area contributed by atoms with Gasteiger partial charge in [-0.15, -0.1) is 11.3 Å². The van der Waals surface area contributed by atoms with Crippen LogP contribution in [0.1, 0.15) is 30.7 Å². The molecule has 0 aromatic carbocycles. The molecule has 0 spiro atoms. The van der Waals surface area contributed by atoms with E-state index in [0.29, 0.717) is 0 Å². The van der Waals surface area contributed by atoms with Gasteiger partial charge in [0.1, 0.15) is 0 Å². The molecule has 4 rings (SSSR count). The Kier molecular flexibility index (Phi) is 4.95. The molecule has 5 nitrogen and oxygen atoms in total. The molecule has 0 amide bonds. The number of ether oxygens (including phenoxy) is 1. The Bertz CT molecular complexity index is 879. The van der Waals surface area contributed by atoms with Crippen LogP contribution in [0.15, 0.2) is 42.0 Å². The zero-order chi connectivity index (χ0) is 17.9. The molecule has 0 bridgehead atoms. The van der Waals surface area contributed by atoms with E-state index in [9.17, 15) is 0 Å². The standard InChI is InChI=1S/C20H22N4OS/c1-14(2)25-20-15(5-3-8-21-20)12-24-9-7-17-16(13-24)11-22-19(23-17)18-6-4-10-26-18/h3-6,8,10-11,14H,7,9,12-13H2,1-2H3. The van der Waals surface area contributed by atoms with Gasteiger partial charge in [0.25, 0.3) is 0 Å². The van der Waals surface area contributed by atoms with Crippen LogP contribution in [0.4, 0.5) is 0 Å². The summed E-state index contributed by atoms with van der Waals surface area (Å²) >= 11 is 1.68. The normalized spacial score (nSPS) is 14.4. The van der Waals surface area contributed by atoms with Gasteiger partial charge in [-0.3, -0.25) is 4.90 Å². The first-order valence-corrected chi connectivity index (χ1v) is 9.78. The lowest BCUT2D eigenvalue weighted by atomic mass is 10.1. The topological polar surface area (TPSA) is 51.1 Å². The highest BCUT2D eigenvalue weighted by atomic mass is 32.1. The highest BCUT2D eigenvalue weighted by Crippen LogP contribution is 2.26. The summed E-state index contributed by atoms with van der Waals surface area (Å²) in [5.74, 6) is 1.57. The quantitative estimate of drug-likeness (QED) is 0.684. The number of aromatic nitrogens is 3. The van der Waals surface area contributed by atoms with Crippen LogP contribution in [0.5, 0.6) is 5.88 Å². The maximum Gasteiger partial charge on any atom is 0.218 e. The van der Waals surface area contributed by atoms with Crippen molar-refractivity contribution in [2.45, 2.75) is 39.5 Å². The average molecular weight is 366 g/mol. The van der Waals surface area contributed by atoms with E-state index < -0.39 is 0 Å². The molecule has 3 aromatic heterocycles. The predicted molar refractivity (Wildman–Crippen MR) is 103 cm³/mol. The highest BCUT2D eigenvalue weighted by molar-refractivity contribution is 7.13. The lowest BCUT2D eigenvalue weighted by Gasteiger charge is -2.28. The van der Waals surface area contributed by atoms with Crippen molar-refractivity contribution in [3.63, 3.8) is 0 Å². The SMILES string of the molecule is CC(C)Oc1ncccc1CN1CCc2nc(-c3cccs3)ncc2C1. The van der Waals surface area contributed by atoms with Crippen LogP contribution in [0.2, 0.25) is 0 Å². The van der Waals surface area contributed by atoms with Gasteiger partial charge in [-0.2, -0.15) is 0 Å². The highest BCUT2D eigenvalue weighted by Gasteiger charge is 2.20. The second-order valence-corrected chi connectivity index (χ2v) is 7.69. The van der Waals surface area contributed by atoms with Crippen LogP contribution in [0.3, 0.4) is 0 Å². The van der Waals surface area contributed by atoms with Gasteiger partial charge in [-0.1, -0.05) is 12.1 Å². The van der Waals surface area contributed by atoms with Gasteiger partial charge in [0, 0.05) is 49.6 Å². The molecule has 3 aromatic rings. The van der Waals surface area contributed by atoms with Crippen molar-refractivity contribution in [2.75, 3.05) is 6.54 Å². The van der Waals surface area contributed by atoms with Crippen LogP contribution in [-0.4, -0.2) is 32.5 Å². The lowest BCUT2D eigenvalue weighted by Crippen LogP contribution is -2.31. The largest absolute Gasteiger partial charge is 0.475 e. The Morgan fingerprint density at radius 2 is 2.15 bits per heavy atom. The molecular weight excluding hydrogens is 344 g/mol. The Morgan fingerprint density at radius 3 is 2.96 bits per heavy atom. The minimum absolute atomic E-state index is 0.120. The minimum Gasteiger partial charge on any atom is -0.475 e. The third-order valence-electron chi connectivity index (χ3n) is 4.35. The number of hydrogen-bond acceptors (Lipinski definition) is 6. The fraction of sp³-hybridized carbons (Fsp3) is 0.350. The van der Waals surface area contributed by atoms with E-state index in [1.165, 1.54) is 11.3 Å². The first-order valence-electron chi connectivity index (χ1n) is 8.90. The maximum absolute atomic E-state index is 5.85. The molecule has 0 saturated heterocycles. The monoisotopic (exact) mass is 366 g/mol. The van der Waals surface area contributed by atoms with Crippen molar-refractivity contribution in [2.24, 2.45) is 0 Å². The Balaban J connectivity index is 1.49. The summed E-state index contributed by atoms with van der Waals surface area (Å²) in [5.41, 5.74) is 3.51. The van der Waals surface area contributed by atoms with E-state index >= 15 is 0 Å². The number of thiophene rings is 1. The second kappa shape index (κ2) is 7.51. The third kappa shape index (κ3) is 3.76. The lowest BCUT2D eigenvalue weighted by molar-refractivity contribution is 0.211. The van der Waals surface area contributed by atoms with E-state index in [4.69, 9.17) is 9.72 Å². The van der Waals surface area contributed by atoms with E-state index in [2.05, 4.69) is 32.4 Å². The fourth-order valence-corrected chi connectivity index (χ4v) is 3.81. The number of hydrogen-bond donors (Lipinski definition) is 0. The second-order valence-electron chi connectivity index (χ2n) is 6.74. The van der Waals surface area contributed by atoms with E-state index in [1.807, 2.05) is 32.2 Å². The molecule has 0 unspecified atom stereocenters. The first-order chi connectivity index (χ1) is 12.7. The number of nitrogens with zero attached hydrogens (tertiary/aromatic N) is 4. The van der Waals surface area contributed by atoms with Gasteiger partial charge in [0.15, 0.2) is 5.82 Å². The number of pyridine rings is 1. The van der Waals surface area contributed by atoms with Gasteiger partial charge in [-0.05, 0) is 31.4 Å². The first kappa shape index (κ1) is 17.1. The van der Waals surface area contributed by atoms with Crippen LogP contribution >= 0.6 is 11.3 Å². The summed E-state index contributed by atoms with van der Waals surface area (Å²) in [6.07, 6.45) is 4.83. The fourth-order valence-electron chi connectivity index (χ4n) is 3.15. The minimum atomic E-state index is 0.120.